The van der Waals surface area contributed by atoms with Crippen LogP contribution in [0.15, 0.2) is 46.9 Å². The van der Waals surface area contributed by atoms with E-state index >= 15 is 0 Å². The SMILES string of the molecule is Cc1oc2ccc(NS(C)(=O)=O)cc2c1C(=O)c1ccc(I)cc1. The standard InChI is InChI=1S/C17H14INO4S/c1-10-16(17(20)11-3-5-12(18)6-4-11)14-9-13(19-24(2,21)22)7-8-15(14)23-10/h3-9,19H,1-2H3. The Kier molecular flexibility index (Phi) is 4.39. The lowest BCUT2D eigenvalue weighted by Crippen LogP contribution is -2.09. The lowest BCUT2D eigenvalue weighted by Gasteiger charge is -2.04. The minimum absolute atomic E-state index is 0.154. The van der Waals surface area contributed by atoms with Gasteiger partial charge in [0.05, 0.1) is 11.8 Å². The van der Waals surface area contributed by atoms with Crippen LogP contribution in [0.4, 0.5) is 5.69 Å². The Morgan fingerprint density at radius 3 is 2.42 bits per heavy atom. The van der Waals surface area contributed by atoms with Crippen molar-refractivity contribution in [3.05, 3.63) is 62.9 Å². The molecular weight excluding hydrogens is 441 g/mol. The number of carbonyl (C=O) groups is 1. The maximum absolute atomic E-state index is 12.8. The first kappa shape index (κ1) is 17.0. The van der Waals surface area contributed by atoms with E-state index < -0.39 is 10.0 Å². The van der Waals surface area contributed by atoms with Gasteiger partial charge in [-0.25, -0.2) is 8.42 Å². The molecule has 1 aromatic heterocycles. The van der Waals surface area contributed by atoms with E-state index in [4.69, 9.17) is 4.42 Å². The molecular formula is C17H14INO4S. The number of nitrogens with one attached hydrogen (secondary N) is 1. The number of ketones is 1. The van der Waals surface area contributed by atoms with Crippen LogP contribution in [0.3, 0.4) is 0 Å². The molecule has 7 heteroatoms. The normalized spacial score (nSPS) is 11.6. The number of sulfonamides is 1. The van der Waals surface area contributed by atoms with Gasteiger partial charge in [0.15, 0.2) is 5.78 Å². The summed E-state index contributed by atoms with van der Waals surface area (Å²) in [6, 6.07) is 12.1. The molecule has 2 aromatic carbocycles. The van der Waals surface area contributed by atoms with Gasteiger partial charge in [-0.15, -0.1) is 0 Å². The van der Waals surface area contributed by atoms with Crippen molar-refractivity contribution < 1.29 is 17.6 Å². The molecule has 24 heavy (non-hydrogen) atoms. The third-order valence-corrected chi connectivity index (χ3v) is 4.83. The Bertz CT molecular complexity index is 1040. The fraction of sp³-hybridized carbons (Fsp3) is 0.118. The molecule has 124 valence electrons. The fourth-order valence-electron chi connectivity index (χ4n) is 2.53. The van der Waals surface area contributed by atoms with Gasteiger partial charge >= 0.3 is 0 Å². The van der Waals surface area contributed by atoms with Crippen LogP contribution < -0.4 is 4.72 Å². The summed E-state index contributed by atoms with van der Waals surface area (Å²) in [5.74, 6) is 0.351. The number of benzene rings is 2. The van der Waals surface area contributed by atoms with Crippen molar-refractivity contribution in [2.75, 3.05) is 11.0 Å². The van der Waals surface area contributed by atoms with Crippen molar-refractivity contribution in [2.24, 2.45) is 0 Å². The second-order valence-corrected chi connectivity index (χ2v) is 8.45. The summed E-state index contributed by atoms with van der Waals surface area (Å²) in [7, 11) is -3.40. The van der Waals surface area contributed by atoms with Crippen LogP contribution in [-0.2, 0) is 10.0 Å². The van der Waals surface area contributed by atoms with Crippen LogP contribution in [0.5, 0.6) is 0 Å². The number of hydrogen-bond acceptors (Lipinski definition) is 4. The summed E-state index contributed by atoms with van der Waals surface area (Å²) in [6.07, 6.45) is 1.08. The van der Waals surface area contributed by atoms with E-state index in [1.165, 1.54) is 0 Å². The second-order valence-electron chi connectivity index (χ2n) is 5.45. The molecule has 0 unspecified atom stereocenters. The first-order valence-corrected chi connectivity index (χ1v) is 10.0. The summed E-state index contributed by atoms with van der Waals surface area (Å²) in [5, 5.41) is 0.588. The maximum atomic E-state index is 12.8. The van der Waals surface area contributed by atoms with Crippen LogP contribution in [0, 0.1) is 10.5 Å². The minimum atomic E-state index is -3.40. The molecule has 5 nitrogen and oxygen atoms in total. The highest BCUT2D eigenvalue weighted by Crippen LogP contribution is 2.30. The molecule has 0 saturated heterocycles. The summed E-state index contributed by atoms with van der Waals surface area (Å²) >= 11 is 2.18. The molecule has 0 aliphatic rings. The fourth-order valence-corrected chi connectivity index (χ4v) is 3.44. The van der Waals surface area contributed by atoms with E-state index in [-0.39, 0.29) is 5.78 Å². The Morgan fingerprint density at radius 1 is 1.12 bits per heavy atom. The number of rotatable bonds is 4. The van der Waals surface area contributed by atoms with Gasteiger partial charge in [0.2, 0.25) is 10.0 Å². The molecule has 0 spiro atoms. The first-order valence-electron chi connectivity index (χ1n) is 7.06. The zero-order valence-electron chi connectivity index (χ0n) is 13.0. The van der Waals surface area contributed by atoms with E-state index in [1.807, 2.05) is 12.1 Å². The summed E-state index contributed by atoms with van der Waals surface area (Å²) in [4.78, 5) is 12.8. The predicted octanol–water partition coefficient (Wildman–Crippen LogP) is 3.95. The average Bonchev–Trinajstić information content (AvgIpc) is 2.81. The van der Waals surface area contributed by atoms with Gasteiger partial charge in [-0.2, -0.15) is 0 Å². The lowest BCUT2D eigenvalue weighted by atomic mass is 10.0. The Balaban J connectivity index is 2.12. The second kappa shape index (κ2) is 6.21. The number of anilines is 1. The van der Waals surface area contributed by atoms with Crippen molar-refractivity contribution in [3.63, 3.8) is 0 Å². The molecule has 0 saturated carbocycles. The lowest BCUT2D eigenvalue weighted by molar-refractivity contribution is 0.103. The highest BCUT2D eigenvalue weighted by molar-refractivity contribution is 14.1. The molecule has 0 aliphatic heterocycles. The van der Waals surface area contributed by atoms with Crippen molar-refractivity contribution in [1.82, 2.24) is 0 Å². The molecule has 0 radical (unpaired) electrons. The Morgan fingerprint density at radius 2 is 1.79 bits per heavy atom. The summed E-state index contributed by atoms with van der Waals surface area (Å²) in [6.45, 7) is 1.73. The zero-order chi connectivity index (χ0) is 17.5. The molecule has 0 atom stereocenters. The smallest absolute Gasteiger partial charge is 0.229 e. The molecule has 0 aliphatic carbocycles. The van der Waals surface area contributed by atoms with Crippen LogP contribution in [0.1, 0.15) is 21.7 Å². The number of aryl methyl sites for hydroxylation is 1. The summed E-state index contributed by atoms with van der Waals surface area (Å²) < 4.78 is 31.9. The van der Waals surface area contributed by atoms with Crippen molar-refractivity contribution in [1.29, 1.82) is 0 Å². The third-order valence-electron chi connectivity index (χ3n) is 3.50. The van der Waals surface area contributed by atoms with Gasteiger partial charge in [0.1, 0.15) is 11.3 Å². The van der Waals surface area contributed by atoms with E-state index in [0.29, 0.717) is 33.5 Å². The molecule has 0 bridgehead atoms. The third kappa shape index (κ3) is 3.46. The Labute approximate surface area is 153 Å². The number of fused-ring (bicyclic) bond motifs is 1. The zero-order valence-corrected chi connectivity index (χ0v) is 15.9. The van der Waals surface area contributed by atoms with E-state index in [2.05, 4.69) is 27.3 Å². The monoisotopic (exact) mass is 455 g/mol. The molecule has 0 amide bonds. The molecule has 1 N–H and O–H groups in total. The van der Waals surface area contributed by atoms with Gasteiger partial charge in [0.25, 0.3) is 0 Å². The van der Waals surface area contributed by atoms with Crippen molar-refractivity contribution in [2.45, 2.75) is 6.92 Å². The molecule has 0 fully saturated rings. The average molecular weight is 455 g/mol. The van der Waals surface area contributed by atoms with E-state index in [9.17, 15) is 13.2 Å². The highest BCUT2D eigenvalue weighted by Gasteiger charge is 2.20. The highest BCUT2D eigenvalue weighted by atomic mass is 127. The van der Waals surface area contributed by atoms with Crippen molar-refractivity contribution >= 4 is 55.1 Å². The maximum Gasteiger partial charge on any atom is 0.229 e. The van der Waals surface area contributed by atoms with Crippen LogP contribution >= 0.6 is 22.6 Å². The molecule has 3 rings (SSSR count). The van der Waals surface area contributed by atoms with Crippen LogP contribution in [0.25, 0.3) is 11.0 Å². The topological polar surface area (TPSA) is 76.4 Å². The Hall–Kier alpha value is -1.87. The number of hydrogen-bond donors (Lipinski definition) is 1. The van der Waals surface area contributed by atoms with Gasteiger partial charge < -0.3 is 4.42 Å². The van der Waals surface area contributed by atoms with E-state index in [1.54, 1.807) is 37.3 Å². The molecule has 3 aromatic rings. The summed E-state index contributed by atoms with van der Waals surface area (Å²) in [5.41, 5.74) is 1.94. The van der Waals surface area contributed by atoms with Crippen LogP contribution in [0.2, 0.25) is 0 Å². The number of carbonyl (C=O) groups excluding carboxylic acids is 1. The van der Waals surface area contributed by atoms with Gasteiger partial charge in [-0.05, 0) is 72.0 Å². The largest absolute Gasteiger partial charge is 0.461 e. The molecule has 1 heterocycles. The van der Waals surface area contributed by atoms with E-state index in [0.717, 1.165) is 9.83 Å². The number of furan rings is 1. The van der Waals surface area contributed by atoms with Gasteiger partial charge in [-0.1, -0.05) is 0 Å². The predicted molar refractivity (Wildman–Crippen MR) is 102 cm³/mol. The van der Waals surface area contributed by atoms with Crippen LogP contribution in [-0.4, -0.2) is 20.5 Å². The van der Waals surface area contributed by atoms with Crippen molar-refractivity contribution in [3.8, 4) is 0 Å². The minimum Gasteiger partial charge on any atom is -0.461 e. The first-order chi connectivity index (χ1) is 11.2. The van der Waals surface area contributed by atoms with Gasteiger partial charge in [-0.3, -0.25) is 9.52 Å². The van der Waals surface area contributed by atoms with Gasteiger partial charge in [0, 0.05) is 20.2 Å². The number of halogens is 1. The quantitative estimate of drug-likeness (QED) is 0.478.